The van der Waals surface area contributed by atoms with Crippen molar-refractivity contribution >= 4 is 51.3 Å². The third-order valence-corrected chi connectivity index (χ3v) is 12.0. The highest BCUT2D eigenvalue weighted by atomic mass is 32.3. The van der Waals surface area contributed by atoms with E-state index in [4.69, 9.17) is 0 Å². The first-order valence-corrected chi connectivity index (χ1v) is 17.6. The fraction of sp³-hybridized carbons (Fsp3) is 0.467. The molecule has 46 heavy (non-hydrogen) atoms. The van der Waals surface area contributed by atoms with Crippen molar-refractivity contribution in [1.82, 2.24) is 19.8 Å². The summed E-state index contributed by atoms with van der Waals surface area (Å²) in [5.74, 6) is -0.287. The lowest BCUT2D eigenvalue weighted by Crippen LogP contribution is -2.53. The van der Waals surface area contributed by atoms with Crippen LogP contribution in [0, 0.1) is 0 Å². The van der Waals surface area contributed by atoms with E-state index in [0.717, 1.165) is 48.3 Å². The Balaban J connectivity index is 1.22. The summed E-state index contributed by atoms with van der Waals surface area (Å²) in [6, 6.07) is 6.85. The average molecular weight is 679 g/mol. The van der Waals surface area contributed by atoms with E-state index in [1.807, 2.05) is 25.1 Å². The van der Waals surface area contributed by atoms with Crippen molar-refractivity contribution in [2.75, 3.05) is 42.1 Å². The molecule has 7 rings (SSSR count). The van der Waals surface area contributed by atoms with Crippen molar-refractivity contribution < 1.29 is 37.0 Å². The third kappa shape index (κ3) is 5.87. The van der Waals surface area contributed by atoms with E-state index in [1.165, 1.54) is 11.0 Å². The van der Waals surface area contributed by atoms with Crippen LogP contribution in [0.2, 0.25) is 0 Å². The number of thiophene rings is 1. The zero-order valence-corrected chi connectivity index (χ0v) is 26.5. The van der Waals surface area contributed by atoms with Crippen LogP contribution in [0.25, 0.3) is 10.6 Å². The molecular formula is C30H33F3N6O5S2. The second kappa shape index (κ2) is 11.3. The quantitative estimate of drug-likeness (QED) is 0.222. The molecule has 246 valence electrons. The molecule has 1 unspecified atom stereocenters. The number of alkyl halides is 3. The van der Waals surface area contributed by atoms with Gasteiger partial charge >= 0.3 is 12.3 Å². The lowest BCUT2D eigenvalue weighted by atomic mass is 10.1. The highest BCUT2D eigenvalue weighted by molar-refractivity contribution is 8.24. The van der Waals surface area contributed by atoms with Gasteiger partial charge in [0.2, 0.25) is 5.95 Å². The fourth-order valence-electron chi connectivity index (χ4n) is 6.21. The van der Waals surface area contributed by atoms with Gasteiger partial charge in [-0.3, -0.25) is 13.9 Å². The number of anilines is 3. The van der Waals surface area contributed by atoms with E-state index in [0.29, 0.717) is 31.5 Å². The highest BCUT2D eigenvalue weighted by Crippen LogP contribution is 2.56. The van der Waals surface area contributed by atoms with E-state index in [2.05, 4.69) is 20.2 Å². The van der Waals surface area contributed by atoms with Crippen molar-refractivity contribution in [1.29, 1.82) is 0 Å². The van der Waals surface area contributed by atoms with Gasteiger partial charge in [-0.1, -0.05) is 0 Å². The highest BCUT2D eigenvalue weighted by Gasteiger charge is 2.42. The lowest BCUT2D eigenvalue weighted by molar-refractivity contribution is -0.137. The summed E-state index contributed by atoms with van der Waals surface area (Å²) < 4.78 is 64.5. The molecule has 3 fully saturated rings. The van der Waals surface area contributed by atoms with Gasteiger partial charge in [0.1, 0.15) is 10.4 Å². The number of rotatable bonds is 6. The lowest BCUT2D eigenvalue weighted by Gasteiger charge is -2.39. The van der Waals surface area contributed by atoms with Crippen LogP contribution in [-0.2, 0) is 6.18 Å². The molecule has 0 radical (unpaired) electrons. The van der Waals surface area contributed by atoms with Crippen molar-refractivity contribution in [2.45, 2.75) is 61.7 Å². The number of carbonyl (C=O) groups excluding carboxylic acids is 1. The number of carboxylic acid groups (broad SMARTS) is 1. The Kier molecular flexibility index (Phi) is 7.61. The summed E-state index contributed by atoms with van der Waals surface area (Å²) in [7, 11) is -3.40. The maximum Gasteiger partial charge on any atom is 0.420 e. The molecule has 2 aromatic heterocycles. The number of amides is 2. The van der Waals surface area contributed by atoms with Gasteiger partial charge in [0.15, 0.2) is 0 Å². The van der Waals surface area contributed by atoms with Crippen molar-refractivity contribution in [3.05, 3.63) is 46.5 Å². The number of carbonyl (C=O) groups is 2. The predicted octanol–water partition coefficient (Wildman–Crippen LogP) is 6.76. The number of fused-ring (bicyclic) bond motifs is 1. The number of halogens is 3. The molecule has 2 saturated carbocycles. The largest absolute Gasteiger partial charge is 0.465 e. The molecule has 3 aromatic rings. The Morgan fingerprint density at radius 2 is 1.87 bits per heavy atom. The zero-order valence-electron chi connectivity index (χ0n) is 24.8. The topological polar surface area (TPSA) is 142 Å². The third-order valence-electron chi connectivity index (χ3n) is 8.97. The maximum absolute atomic E-state index is 14.2. The fourth-order valence-corrected chi connectivity index (χ4v) is 9.19. The van der Waals surface area contributed by atoms with Crippen LogP contribution >= 0.6 is 21.9 Å². The number of nitrogens with one attached hydrogen (secondary N) is 1. The minimum absolute atomic E-state index is 0.00105. The summed E-state index contributed by atoms with van der Waals surface area (Å²) in [4.78, 5) is 38.3. The summed E-state index contributed by atoms with van der Waals surface area (Å²) in [5, 5.41) is 12.5. The molecule has 2 aliphatic heterocycles. The van der Waals surface area contributed by atoms with Crippen LogP contribution in [0.3, 0.4) is 0 Å². The first kappa shape index (κ1) is 31.0. The molecular weight excluding hydrogens is 645 g/mol. The SMILES string of the molecule is CC1CN(c2ccc(Nc3ncc(C(F)(F)F)c(-c4cc5c(s4)C(=O)N(C4CC4)CCS5(O)O)n3)c(C3CC3)c2)CCN1C(=O)O. The van der Waals surface area contributed by atoms with Crippen molar-refractivity contribution in [3.8, 4) is 10.6 Å². The van der Waals surface area contributed by atoms with Gasteiger partial charge in [0.05, 0.1) is 21.2 Å². The van der Waals surface area contributed by atoms with E-state index in [-0.39, 0.29) is 50.9 Å². The Bertz CT molecular complexity index is 1710. The number of piperazine rings is 1. The molecule has 11 nitrogen and oxygen atoms in total. The van der Waals surface area contributed by atoms with Gasteiger partial charge in [0, 0.05) is 55.8 Å². The van der Waals surface area contributed by atoms with Crippen molar-refractivity contribution in [3.63, 3.8) is 0 Å². The van der Waals surface area contributed by atoms with Crippen LogP contribution < -0.4 is 10.2 Å². The van der Waals surface area contributed by atoms with Crippen LogP contribution in [0.1, 0.15) is 59.3 Å². The Morgan fingerprint density at radius 3 is 2.52 bits per heavy atom. The van der Waals surface area contributed by atoms with Gasteiger partial charge in [-0.2, -0.15) is 23.8 Å². The van der Waals surface area contributed by atoms with Gasteiger partial charge in [-0.05, 0) is 68.4 Å². The molecule has 4 N–H and O–H groups in total. The van der Waals surface area contributed by atoms with E-state index >= 15 is 0 Å². The molecule has 4 heterocycles. The number of hydrogen-bond donors (Lipinski definition) is 4. The number of aromatic nitrogens is 2. The van der Waals surface area contributed by atoms with E-state index < -0.39 is 40.0 Å². The summed E-state index contributed by atoms with van der Waals surface area (Å²) in [5.41, 5.74) is 1.02. The maximum atomic E-state index is 14.2. The summed E-state index contributed by atoms with van der Waals surface area (Å²) in [6.07, 6.45) is -1.51. The number of hydrogen-bond acceptors (Lipinski definition) is 9. The normalized spacial score (nSPS) is 22.3. The predicted molar refractivity (Wildman–Crippen MR) is 168 cm³/mol. The summed E-state index contributed by atoms with van der Waals surface area (Å²) in [6.45, 7) is 3.49. The molecule has 16 heteroatoms. The van der Waals surface area contributed by atoms with Crippen LogP contribution in [-0.4, -0.2) is 90.0 Å². The first-order chi connectivity index (χ1) is 21.8. The molecule has 0 bridgehead atoms. The molecule has 0 spiro atoms. The molecule has 2 aliphatic carbocycles. The van der Waals surface area contributed by atoms with Crippen molar-refractivity contribution in [2.24, 2.45) is 0 Å². The first-order valence-electron chi connectivity index (χ1n) is 15.1. The molecule has 1 atom stereocenters. The minimum atomic E-state index is -4.80. The Morgan fingerprint density at radius 1 is 1.11 bits per heavy atom. The average Bonchev–Trinajstić information content (AvgIpc) is 3.94. The second-order valence-electron chi connectivity index (χ2n) is 12.3. The van der Waals surface area contributed by atoms with Crippen LogP contribution in [0.5, 0.6) is 0 Å². The Labute approximate surface area is 268 Å². The molecule has 4 aliphatic rings. The monoisotopic (exact) mass is 678 g/mol. The number of nitrogens with zero attached hydrogens (tertiary/aromatic N) is 5. The number of benzene rings is 1. The second-order valence-corrected chi connectivity index (χ2v) is 15.5. The van der Waals surface area contributed by atoms with E-state index in [9.17, 15) is 37.0 Å². The molecule has 1 saturated heterocycles. The zero-order chi connectivity index (χ0) is 32.5. The van der Waals surface area contributed by atoms with Gasteiger partial charge < -0.3 is 25.1 Å². The van der Waals surface area contributed by atoms with E-state index in [1.54, 1.807) is 4.90 Å². The Hall–Kier alpha value is -3.60. The summed E-state index contributed by atoms with van der Waals surface area (Å²) >= 11 is 0.790. The smallest absolute Gasteiger partial charge is 0.420 e. The van der Waals surface area contributed by atoms with Crippen LogP contribution in [0.4, 0.5) is 35.3 Å². The van der Waals surface area contributed by atoms with Gasteiger partial charge in [0.25, 0.3) is 5.91 Å². The van der Waals surface area contributed by atoms with Gasteiger partial charge in [-0.25, -0.2) is 14.8 Å². The minimum Gasteiger partial charge on any atom is -0.465 e. The standard InChI is InChI=1S/C30H33F3N6O5S2/c1-16-15-37(8-9-38(16)29(41)42)19-6-7-22(20(12-19)17-2-3-17)35-28-34-14-21(30(31,32)33)25(36-28)23-13-24-26(45-23)27(40)39(18-4-5-18)10-11-46(24,43)44/h6-7,12-14,16-18,43-44H,2-5,8-11,15H2,1H3,(H,41,42)(H,34,35,36). The molecule has 2 amide bonds. The molecule has 1 aromatic carbocycles. The van der Waals surface area contributed by atoms with Crippen LogP contribution in [0.15, 0.2) is 35.4 Å². The van der Waals surface area contributed by atoms with Gasteiger partial charge in [-0.15, -0.1) is 11.3 Å².